The SMILES string of the molecule is C1=CC=C2[N-]CCCCCN=C3C=CC=CC=C3[N-]CCCN=C2C=C1.[CH2-]c1ccccc1.[CH2-]c1ccccc1.[Hf+4]. The summed E-state index contributed by atoms with van der Waals surface area (Å²) >= 11 is 0. The maximum absolute atomic E-state index is 4.75. The molecule has 4 nitrogen and oxygen atoms in total. The van der Waals surface area contributed by atoms with Crippen LogP contribution in [0.1, 0.15) is 36.8 Å². The van der Waals surface area contributed by atoms with Gasteiger partial charge in [0.2, 0.25) is 0 Å². The third-order valence-electron chi connectivity index (χ3n) is 5.93. The number of benzene rings is 2. The van der Waals surface area contributed by atoms with Crippen molar-refractivity contribution in [3.8, 4) is 0 Å². The largest absolute Gasteiger partial charge is 4.00 e. The minimum atomic E-state index is 0. The molecule has 0 aromatic heterocycles. The number of hydrogen-bond acceptors (Lipinski definition) is 2. The van der Waals surface area contributed by atoms with E-state index >= 15 is 0 Å². The Balaban J connectivity index is 0.000000319. The molecule has 0 unspecified atom stereocenters. The fourth-order valence-corrected chi connectivity index (χ4v) is 3.82. The van der Waals surface area contributed by atoms with Crippen LogP contribution in [0.25, 0.3) is 10.6 Å². The van der Waals surface area contributed by atoms with E-state index in [1.165, 1.54) is 0 Å². The number of fused-ring (bicyclic) bond motifs is 2. The van der Waals surface area contributed by atoms with E-state index < -0.39 is 0 Å². The molecule has 0 N–H and O–H groups in total. The monoisotopic (exact) mass is 708 g/mol. The van der Waals surface area contributed by atoms with Gasteiger partial charge >= 0.3 is 25.8 Å². The molecule has 208 valence electrons. The van der Waals surface area contributed by atoms with E-state index in [1.807, 2.05) is 109 Å². The standard InChI is InChI=1S/C22H26N4.2C7H7.Hf/c1-4-11-19-21(13-6-1)25-17-10-18-26-22-14-7-2-5-12-20(22)24-16-9-3-8-15-23-19;2*1-7-5-3-2-4-6-7;/h1-2,4-7,11-14H,3,8-10,15-18H2;2*2-6H,1H2;/q-2;2*-1;+4. The third-order valence-corrected chi connectivity index (χ3v) is 5.93. The maximum Gasteiger partial charge on any atom is 4.00 e. The molecule has 2 aromatic rings. The van der Waals surface area contributed by atoms with Crippen LogP contribution in [0.3, 0.4) is 0 Å². The van der Waals surface area contributed by atoms with Gasteiger partial charge in [-0.1, -0.05) is 73.6 Å². The average molecular weight is 707 g/mol. The zero-order chi connectivity index (χ0) is 28.1. The first-order valence-corrected chi connectivity index (χ1v) is 14.0. The van der Waals surface area contributed by atoms with Crippen LogP contribution >= 0.6 is 0 Å². The number of hydrogen-bond donors (Lipinski definition) is 0. The van der Waals surface area contributed by atoms with Crippen LogP contribution in [0.15, 0.2) is 143 Å². The average Bonchev–Trinajstić information content (AvgIpc) is 3.34. The second kappa shape index (κ2) is 21.2. The van der Waals surface area contributed by atoms with Crippen LogP contribution in [-0.4, -0.2) is 37.6 Å². The van der Waals surface area contributed by atoms with Crippen molar-refractivity contribution in [1.29, 1.82) is 0 Å². The van der Waals surface area contributed by atoms with Crippen molar-refractivity contribution < 1.29 is 25.8 Å². The van der Waals surface area contributed by atoms with Crippen molar-refractivity contribution in [3.05, 3.63) is 168 Å². The van der Waals surface area contributed by atoms with E-state index in [4.69, 9.17) is 20.6 Å². The second-order valence-electron chi connectivity index (χ2n) is 9.27. The van der Waals surface area contributed by atoms with Crippen LogP contribution < -0.4 is 0 Å². The summed E-state index contributed by atoms with van der Waals surface area (Å²) in [6, 6.07) is 19.7. The van der Waals surface area contributed by atoms with E-state index in [-0.39, 0.29) is 25.8 Å². The quantitative estimate of drug-likeness (QED) is 0.194. The van der Waals surface area contributed by atoms with Gasteiger partial charge in [-0.2, -0.15) is 49.2 Å². The molecule has 3 aliphatic rings. The zero-order valence-electron chi connectivity index (χ0n) is 23.9. The molecular weight excluding hydrogens is 667 g/mol. The zero-order valence-corrected chi connectivity index (χ0v) is 27.5. The minimum absolute atomic E-state index is 0. The van der Waals surface area contributed by atoms with Gasteiger partial charge in [0.15, 0.2) is 0 Å². The summed E-state index contributed by atoms with van der Waals surface area (Å²) in [5.74, 6) is 0. The predicted octanol–water partition coefficient (Wildman–Crippen LogP) is 8.94. The van der Waals surface area contributed by atoms with Crippen LogP contribution in [0.5, 0.6) is 0 Å². The first kappa shape index (κ1) is 33.6. The Kier molecular flexibility index (Phi) is 17.4. The molecule has 0 radical (unpaired) electrons. The van der Waals surface area contributed by atoms with E-state index in [1.54, 1.807) is 0 Å². The van der Waals surface area contributed by atoms with E-state index in [9.17, 15) is 0 Å². The van der Waals surface area contributed by atoms with Crippen molar-refractivity contribution in [2.45, 2.75) is 25.7 Å². The van der Waals surface area contributed by atoms with Crippen molar-refractivity contribution in [1.82, 2.24) is 0 Å². The molecule has 1 heterocycles. The first-order chi connectivity index (χ1) is 19.7. The van der Waals surface area contributed by atoms with Crippen molar-refractivity contribution in [2.75, 3.05) is 26.2 Å². The molecule has 2 aromatic carbocycles. The second-order valence-corrected chi connectivity index (χ2v) is 9.27. The first-order valence-electron chi connectivity index (χ1n) is 14.0. The Morgan fingerprint density at radius 2 is 0.976 bits per heavy atom. The van der Waals surface area contributed by atoms with Gasteiger partial charge in [0.05, 0.1) is 0 Å². The normalized spacial score (nSPS) is 16.6. The Hall–Kier alpha value is -3.57. The Morgan fingerprint density at radius 1 is 0.512 bits per heavy atom. The third kappa shape index (κ3) is 14.6. The van der Waals surface area contributed by atoms with Crippen molar-refractivity contribution >= 4 is 11.4 Å². The van der Waals surface area contributed by atoms with E-state index in [2.05, 4.69) is 26.0 Å². The molecule has 0 atom stereocenters. The van der Waals surface area contributed by atoms with Gasteiger partial charge in [-0.15, -0.1) is 48.7 Å². The fraction of sp³-hybridized carbons (Fsp3) is 0.222. The topological polar surface area (TPSA) is 52.9 Å². The molecule has 0 amide bonds. The fourth-order valence-electron chi connectivity index (χ4n) is 3.82. The molecule has 1 aliphatic heterocycles. The molecular formula is C36H40HfN4. The summed E-state index contributed by atoms with van der Waals surface area (Å²) in [6.07, 6.45) is 24.6. The van der Waals surface area contributed by atoms with Crippen LogP contribution in [-0.2, 0) is 25.8 Å². The van der Waals surface area contributed by atoms with Crippen LogP contribution in [0.2, 0.25) is 0 Å². The summed E-state index contributed by atoms with van der Waals surface area (Å²) in [6.45, 7) is 10.6. The minimum Gasteiger partial charge on any atom is -0.683 e. The molecule has 5 heteroatoms. The van der Waals surface area contributed by atoms with Gasteiger partial charge in [0.25, 0.3) is 0 Å². The number of rotatable bonds is 0. The molecule has 0 bridgehead atoms. The van der Waals surface area contributed by atoms with Crippen molar-refractivity contribution in [3.63, 3.8) is 0 Å². The van der Waals surface area contributed by atoms with E-state index in [0.29, 0.717) is 0 Å². The number of allylic oxidation sites excluding steroid dienone is 10. The Bertz CT molecular complexity index is 1210. The smallest absolute Gasteiger partial charge is 0.683 e. The molecule has 41 heavy (non-hydrogen) atoms. The summed E-state index contributed by atoms with van der Waals surface area (Å²) in [4.78, 5) is 9.50. The predicted molar refractivity (Wildman–Crippen MR) is 174 cm³/mol. The Morgan fingerprint density at radius 3 is 1.44 bits per heavy atom. The molecule has 0 saturated carbocycles. The summed E-state index contributed by atoms with van der Waals surface area (Å²) < 4.78 is 0. The van der Waals surface area contributed by atoms with Gasteiger partial charge in [-0.05, 0) is 25.0 Å². The number of aliphatic imine (C=N–C) groups is 2. The van der Waals surface area contributed by atoms with Crippen LogP contribution in [0, 0.1) is 13.8 Å². The van der Waals surface area contributed by atoms with Gasteiger partial charge < -0.3 is 10.6 Å². The summed E-state index contributed by atoms with van der Waals surface area (Å²) in [5.41, 5.74) is 6.07. The van der Waals surface area contributed by atoms with Gasteiger partial charge in [-0.3, -0.25) is 9.98 Å². The number of nitrogens with zero attached hydrogens (tertiary/aromatic N) is 4. The van der Waals surface area contributed by atoms with Crippen molar-refractivity contribution in [2.24, 2.45) is 9.98 Å². The van der Waals surface area contributed by atoms with Gasteiger partial charge in [-0.25, -0.2) is 0 Å². The molecule has 0 saturated heterocycles. The maximum atomic E-state index is 4.75. The molecule has 5 rings (SSSR count). The van der Waals surface area contributed by atoms with E-state index in [0.717, 1.165) is 85.8 Å². The summed E-state index contributed by atoms with van der Waals surface area (Å²) in [7, 11) is 0. The van der Waals surface area contributed by atoms with Gasteiger partial charge in [0.1, 0.15) is 0 Å². The molecule has 0 fully saturated rings. The Labute approximate surface area is 266 Å². The molecule has 0 spiro atoms. The molecule has 2 aliphatic carbocycles. The van der Waals surface area contributed by atoms with Crippen LogP contribution in [0.4, 0.5) is 0 Å². The van der Waals surface area contributed by atoms with Gasteiger partial charge in [0, 0.05) is 24.5 Å². The summed E-state index contributed by atoms with van der Waals surface area (Å²) in [5, 5.41) is 9.50.